The third-order valence-corrected chi connectivity index (χ3v) is 1.27. The normalized spacial score (nSPS) is 10.5. The molecule has 0 aromatic carbocycles. The smallest absolute Gasteiger partial charge is 0.222 e. The van der Waals surface area contributed by atoms with Crippen LogP contribution in [0.1, 0.15) is 0 Å². The van der Waals surface area contributed by atoms with Crippen LogP contribution in [0.4, 0.5) is 5.95 Å². The molecule has 0 saturated heterocycles. The van der Waals surface area contributed by atoms with Crippen LogP contribution < -0.4 is 11.6 Å². The van der Waals surface area contributed by atoms with Crippen molar-refractivity contribution in [1.82, 2.24) is 19.6 Å². The van der Waals surface area contributed by atoms with Crippen molar-refractivity contribution in [2.75, 3.05) is 11.6 Å². The Hall–Kier alpha value is -1.85. The lowest BCUT2D eigenvalue weighted by Gasteiger charge is -1.97. The number of hydrogen-bond acceptors (Lipinski definition) is 5. The van der Waals surface area contributed by atoms with E-state index in [1.54, 1.807) is 6.20 Å². The Kier molecular flexibility index (Phi) is 0.974. The van der Waals surface area contributed by atoms with E-state index in [9.17, 15) is 0 Å². The van der Waals surface area contributed by atoms with Gasteiger partial charge in [-0.2, -0.15) is 4.98 Å². The van der Waals surface area contributed by atoms with Crippen molar-refractivity contribution < 1.29 is 0 Å². The molecule has 4 N–H and O–H groups in total. The number of imidazole rings is 1. The zero-order valence-electron chi connectivity index (χ0n) is 5.60. The first-order valence-electron chi connectivity index (χ1n) is 2.98. The molecule has 11 heavy (non-hydrogen) atoms. The molecular weight excluding hydrogens is 144 g/mol. The van der Waals surface area contributed by atoms with Crippen molar-refractivity contribution in [3.8, 4) is 11.5 Å². The molecule has 0 bridgehead atoms. The van der Waals surface area contributed by atoms with Gasteiger partial charge in [-0.15, -0.1) is 0 Å². The molecule has 0 aromatic rings. The van der Waals surface area contributed by atoms with Gasteiger partial charge in [-0.05, 0) is 0 Å². The van der Waals surface area contributed by atoms with Gasteiger partial charge in [-0.1, -0.05) is 0 Å². The molecule has 0 saturated carbocycles. The minimum Gasteiger partial charge on any atom is -0.368 e. The number of nitrogen functional groups attached to an aromatic ring is 2. The van der Waals surface area contributed by atoms with Gasteiger partial charge in [0.1, 0.15) is 12.0 Å². The third kappa shape index (κ3) is 0.841. The number of aromatic nitrogens is 4. The molecule has 0 atom stereocenters. The summed E-state index contributed by atoms with van der Waals surface area (Å²) < 4.78 is 1.30. The molecule has 2 aliphatic rings. The molecule has 0 amide bonds. The number of nitrogens with two attached hydrogens (primary N) is 2. The van der Waals surface area contributed by atoms with Gasteiger partial charge in [0, 0.05) is 0 Å². The Morgan fingerprint density at radius 1 is 1.36 bits per heavy atom. The number of nitrogens with zero attached hydrogens (tertiary/aromatic N) is 4. The van der Waals surface area contributed by atoms with Crippen molar-refractivity contribution in [1.29, 1.82) is 0 Å². The molecule has 0 unspecified atom stereocenters. The fourth-order valence-corrected chi connectivity index (χ4v) is 0.842. The summed E-state index contributed by atoms with van der Waals surface area (Å²) in [6.07, 6.45) is 3.04. The van der Waals surface area contributed by atoms with Crippen molar-refractivity contribution in [2.24, 2.45) is 0 Å². The second-order valence-corrected chi connectivity index (χ2v) is 2.11. The number of rotatable bonds is 0. The monoisotopic (exact) mass is 150 g/mol. The predicted octanol–water partition coefficient (Wildman–Crippen LogP) is -0.926. The van der Waals surface area contributed by atoms with Gasteiger partial charge >= 0.3 is 0 Å². The van der Waals surface area contributed by atoms with Gasteiger partial charge in [0.2, 0.25) is 5.95 Å². The molecule has 0 fully saturated rings. The maximum atomic E-state index is 5.38. The minimum absolute atomic E-state index is 0.221. The quantitative estimate of drug-likeness (QED) is 0.473. The van der Waals surface area contributed by atoms with Crippen LogP contribution in [0.15, 0.2) is 12.5 Å². The first-order chi connectivity index (χ1) is 5.25. The van der Waals surface area contributed by atoms with Gasteiger partial charge < -0.3 is 11.6 Å². The van der Waals surface area contributed by atoms with Crippen LogP contribution in [-0.4, -0.2) is 19.6 Å². The maximum Gasteiger partial charge on any atom is 0.222 e. The molecule has 56 valence electrons. The van der Waals surface area contributed by atoms with Crippen LogP contribution in [0.5, 0.6) is 0 Å². The first kappa shape index (κ1) is 5.90. The summed E-state index contributed by atoms with van der Waals surface area (Å²) in [6.45, 7) is 0. The van der Waals surface area contributed by atoms with Crippen molar-refractivity contribution in [3.05, 3.63) is 12.5 Å². The van der Waals surface area contributed by atoms with Crippen molar-refractivity contribution in [2.45, 2.75) is 0 Å². The Balaban J connectivity index is 2.73. The van der Waals surface area contributed by atoms with E-state index in [1.807, 2.05) is 0 Å². The zero-order valence-corrected chi connectivity index (χ0v) is 5.60. The van der Waals surface area contributed by atoms with Crippen LogP contribution in [0.2, 0.25) is 0 Å². The highest BCUT2D eigenvalue weighted by molar-refractivity contribution is 5.53. The molecule has 0 aromatic heterocycles. The summed E-state index contributed by atoms with van der Waals surface area (Å²) in [5.41, 5.74) is 5.93. The highest BCUT2D eigenvalue weighted by Gasteiger charge is 2.08. The SMILES string of the molecule is Nc1nc2cn(N)cnc-2n1. The first-order valence-corrected chi connectivity index (χ1v) is 2.98. The number of anilines is 1. The average molecular weight is 150 g/mol. The standard InChI is InChI=1S/C5H6N6/c6-5-9-3-1-11(7)2-8-4(3)10-5/h1-2H,7H2,(H2,6,9). The Bertz CT molecular complexity index is 352. The van der Waals surface area contributed by atoms with E-state index in [2.05, 4.69) is 15.0 Å². The molecule has 6 heteroatoms. The van der Waals surface area contributed by atoms with E-state index < -0.39 is 0 Å². The van der Waals surface area contributed by atoms with Gasteiger partial charge in [-0.3, -0.25) is 4.68 Å². The van der Waals surface area contributed by atoms with Crippen LogP contribution in [0, 0.1) is 0 Å². The molecular formula is C5H6N6. The van der Waals surface area contributed by atoms with E-state index in [1.165, 1.54) is 11.0 Å². The second kappa shape index (κ2) is 1.82. The molecule has 2 rings (SSSR count). The van der Waals surface area contributed by atoms with Crippen LogP contribution in [0.3, 0.4) is 0 Å². The zero-order chi connectivity index (χ0) is 7.84. The van der Waals surface area contributed by atoms with Crippen LogP contribution in [-0.2, 0) is 0 Å². The summed E-state index contributed by atoms with van der Waals surface area (Å²) in [5.74, 6) is 6.12. The van der Waals surface area contributed by atoms with Crippen LogP contribution in [0.25, 0.3) is 11.5 Å². The third-order valence-electron chi connectivity index (χ3n) is 1.27. The molecule has 2 aliphatic heterocycles. The minimum atomic E-state index is 0.221. The predicted molar refractivity (Wildman–Crippen MR) is 39.0 cm³/mol. The Morgan fingerprint density at radius 3 is 3.00 bits per heavy atom. The fourth-order valence-electron chi connectivity index (χ4n) is 0.842. The largest absolute Gasteiger partial charge is 0.368 e. The van der Waals surface area contributed by atoms with Gasteiger partial charge in [0.05, 0.1) is 6.20 Å². The molecule has 0 aliphatic carbocycles. The van der Waals surface area contributed by atoms with E-state index in [0.717, 1.165) is 0 Å². The topological polar surface area (TPSA) is 95.6 Å². The molecule has 2 heterocycles. The lowest BCUT2D eigenvalue weighted by Crippen LogP contribution is -2.09. The molecule has 0 spiro atoms. The lowest BCUT2D eigenvalue weighted by atomic mass is 10.4. The van der Waals surface area contributed by atoms with E-state index >= 15 is 0 Å². The van der Waals surface area contributed by atoms with Crippen LogP contribution >= 0.6 is 0 Å². The van der Waals surface area contributed by atoms with Gasteiger partial charge in [-0.25, -0.2) is 9.97 Å². The summed E-state index contributed by atoms with van der Waals surface area (Å²) in [6, 6.07) is 0. The highest BCUT2D eigenvalue weighted by Crippen LogP contribution is 2.14. The van der Waals surface area contributed by atoms with Gasteiger partial charge in [0.25, 0.3) is 0 Å². The summed E-state index contributed by atoms with van der Waals surface area (Å²) in [4.78, 5) is 11.6. The lowest BCUT2D eigenvalue weighted by molar-refractivity contribution is 0.926. The fraction of sp³-hybridized carbons (Fsp3) is 0. The average Bonchev–Trinajstić information content (AvgIpc) is 2.27. The van der Waals surface area contributed by atoms with E-state index in [0.29, 0.717) is 11.5 Å². The Morgan fingerprint density at radius 2 is 2.18 bits per heavy atom. The van der Waals surface area contributed by atoms with Crippen molar-refractivity contribution in [3.63, 3.8) is 0 Å². The maximum absolute atomic E-state index is 5.38. The Labute approximate surface area is 62.2 Å². The van der Waals surface area contributed by atoms with Gasteiger partial charge in [0.15, 0.2) is 5.82 Å². The molecule has 6 nitrogen and oxygen atoms in total. The van der Waals surface area contributed by atoms with E-state index in [4.69, 9.17) is 11.6 Å². The molecule has 0 radical (unpaired) electrons. The highest BCUT2D eigenvalue weighted by atomic mass is 15.3. The second-order valence-electron chi connectivity index (χ2n) is 2.11. The van der Waals surface area contributed by atoms with Crippen molar-refractivity contribution >= 4 is 5.95 Å². The number of hydrogen-bond donors (Lipinski definition) is 2. The summed E-state index contributed by atoms with van der Waals surface area (Å²) in [5, 5.41) is 0. The summed E-state index contributed by atoms with van der Waals surface area (Å²) >= 11 is 0. The number of fused-ring (bicyclic) bond motifs is 1. The summed E-state index contributed by atoms with van der Waals surface area (Å²) in [7, 11) is 0. The van der Waals surface area contributed by atoms with E-state index in [-0.39, 0.29) is 5.95 Å².